The van der Waals surface area contributed by atoms with Crippen LogP contribution in [0.2, 0.25) is 0 Å². The lowest BCUT2D eigenvalue weighted by Gasteiger charge is -2.07. The number of rotatable bonds is 3. The van der Waals surface area contributed by atoms with Gasteiger partial charge in [-0.15, -0.1) is 0 Å². The summed E-state index contributed by atoms with van der Waals surface area (Å²) in [5.74, 6) is 0. The Labute approximate surface area is 139 Å². The normalized spacial score (nSPS) is 11.8. The highest BCUT2D eigenvalue weighted by Gasteiger charge is 2.13. The SMILES string of the molecule is CN(C)CCn1nc2c3ccccc3c(=O)c3ccccc3c2n1. The molecule has 24 heavy (non-hydrogen) atoms. The van der Waals surface area contributed by atoms with Crippen molar-refractivity contribution in [1.29, 1.82) is 0 Å². The highest BCUT2D eigenvalue weighted by Crippen LogP contribution is 2.25. The zero-order chi connectivity index (χ0) is 16.7. The molecular weight excluding hydrogens is 300 g/mol. The predicted molar refractivity (Wildman–Crippen MR) is 97.4 cm³/mol. The first-order valence-corrected chi connectivity index (χ1v) is 7.98. The fraction of sp³-hybridized carbons (Fsp3) is 0.211. The third-order valence-electron chi connectivity index (χ3n) is 4.26. The lowest BCUT2D eigenvalue weighted by molar-refractivity contribution is 0.360. The zero-order valence-electron chi connectivity index (χ0n) is 13.7. The average Bonchev–Trinajstić information content (AvgIpc) is 3.00. The van der Waals surface area contributed by atoms with Crippen LogP contribution in [-0.4, -0.2) is 40.5 Å². The second-order valence-electron chi connectivity index (χ2n) is 6.22. The van der Waals surface area contributed by atoms with Gasteiger partial charge in [0.15, 0.2) is 5.43 Å². The lowest BCUT2D eigenvalue weighted by Crippen LogP contribution is -2.19. The summed E-state index contributed by atoms with van der Waals surface area (Å²) in [5.41, 5.74) is 1.59. The molecule has 0 atom stereocenters. The lowest BCUT2D eigenvalue weighted by atomic mass is 10.1. The molecule has 0 aliphatic heterocycles. The third kappa shape index (κ3) is 2.34. The summed E-state index contributed by atoms with van der Waals surface area (Å²) >= 11 is 0. The van der Waals surface area contributed by atoms with E-state index in [0.717, 1.165) is 28.4 Å². The van der Waals surface area contributed by atoms with Gasteiger partial charge in [-0.05, 0) is 14.1 Å². The van der Waals surface area contributed by atoms with Gasteiger partial charge in [-0.25, -0.2) is 0 Å². The van der Waals surface area contributed by atoms with Crippen LogP contribution < -0.4 is 5.43 Å². The first-order chi connectivity index (χ1) is 11.6. The minimum Gasteiger partial charge on any atom is -0.307 e. The Morgan fingerprint density at radius 1 is 0.833 bits per heavy atom. The van der Waals surface area contributed by atoms with Crippen LogP contribution in [-0.2, 0) is 6.54 Å². The van der Waals surface area contributed by atoms with Crippen molar-refractivity contribution in [3.63, 3.8) is 0 Å². The number of likely N-dealkylation sites (N-methyl/N-ethyl adjacent to an activating group) is 1. The van der Waals surface area contributed by atoms with Gasteiger partial charge in [-0.2, -0.15) is 15.0 Å². The largest absolute Gasteiger partial charge is 0.307 e. The van der Waals surface area contributed by atoms with Crippen molar-refractivity contribution in [2.75, 3.05) is 20.6 Å². The van der Waals surface area contributed by atoms with Gasteiger partial charge in [-0.3, -0.25) is 4.79 Å². The second kappa shape index (κ2) is 5.69. The van der Waals surface area contributed by atoms with Gasteiger partial charge in [0, 0.05) is 28.1 Å². The smallest absolute Gasteiger partial charge is 0.194 e. The molecule has 0 radical (unpaired) electrons. The highest BCUT2D eigenvalue weighted by molar-refractivity contribution is 6.13. The van der Waals surface area contributed by atoms with Gasteiger partial charge < -0.3 is 4.90 Å². The molecule has 1 aromatic heterocycles. The van der Waals surface area contributed by atoms with E-state index in [0.29, 0.717) is 17.3 Å². The van der Waals surface area contributed by atoms with Gasteiger partial charge in [-0.1, -0.05) is 48.5 Å². The summed E-state index contributed by atoms with van der Waals surface area (Å²) in [7, 11) is 4.05. The summed E-state index contributed by atoms with van der Waals surface area (Å²) in [6.45, 7) is 1.56. The Morgan fingerprint density at radius 2 is 1.29 bits per heavy atom. The molecule has 0 saturated heterocycles. The van der Waals surface area contributed by atoms with Crippen LogP contribution in [0, 0.1) is 0 Å². The number of benzene rings is 2. The van der Waals surface area contributed by atoms with Gasteiger partial charge in [0.1, 0.15) is 11.0 Å². The van der Waals surface area contributed by atoms with E-state index in [4.69, 9.17) is 0 Å². The number of nitrogens with zero attached hydrogens (tertiary/aromatic N) is 4. The van der Waals surface area contributed by atoms with Crippen LogP contribution in [0.1, 0.15) is 0 Å². The molecule has 120 valence electrons. The molecule has 0 spiro atoms. The van der Waals surface area contributed by atoms with Crippen molar-refractivity contribution < 1.29 is 0 Å². The maximum absolute atomic E-state index is 12.9. The number of aromatic nitrogens is 3. The molecule has 0 N–H and O–H groups in total. The molecule has 0 amide bonds. The Hall–Kier alpha value is -2.79. The quantitative estimate of drug-likeness (QED) is 0.583. The molecule has 5 nitrogen and oxygen atoms in total. The molecule has 0 bridgehead atoms. The topological polar surface area (TPSA) is 51.0 Å². The third-order valence-corrected chi connectivity index (χ3v) is 4.26. The van der Waals surface area contributed by atoms with Gasteiger partial charge in [0.25, 0.3) is 0 Å². The van der Waals surface area contributed by atoms with Gasteiger partial charge >= 0.3 is 0 Å². The standard InChI is InChI=1S/C19H18N4O/c1-22(2)11-12-23-20-17-13-7-3-5-9-15(13)19(24)16-10-6-4-8-14(16)18(17)21-23/h3-10H,11-12H2,1-2H3. The van der Waals surface area contributed by atoms with E-state index in [-0.39, 0.29) is 5.43 Å². The number of hydrogen-bond acceptors (Lipinski definition) is 4. The predicted octanol–water partition coefficient (Wildman–Crippen LogP) is 2.66. The Kier molecular flexibility index (Phi) is 3.50. The molecule has 4 aromatic rings. The first-order valence-electron chi connectivity index (χ1n) is 7.98. The van der Waals surface area contributed by atoms with E-state index in [1.165, 1.54) is 0 Å². The van der Waals surface area contributed by atoms with E-state index in [2.05, 4.69) is 15.1 Å². The molecule has 1 heterocycles. The van der Waals surface area contributed by atoms with Crippen molar-refractivity contribution in [3.05, 3.63) is 58.8 Å². The Bertz CT molecular complexity index is 1040. The zero-order valence-corrected chi connectivity index (χ0v) is 13.7. The second-order valence-corrected chi connectivity index (χ2v) is 6.22. The van der Waals surface area contributed by atoms with Gasteiger partial charge in [0.2, 0.25) is 0 Å². The summed E-state index contributed by atoms with van der Waals surface area (Å²) in [4.78, 5) is 16.8. The maximum atomic E-state index is 12.9. The van der Waals surface area contributed by atoms with Gasteiger partial charge in [0.05, 0.1) is 6.54 Å². The van der Waals surface area contributed by atoms with Crippen LogP contribution in [0.25, 0.3) is 32.6 Å². The minimum atomic E-state index is 0.0286. The maximum Gasteiger partial charge on any atom is 0.194 e. The molecular formula is C19H18N4O. The summed E-state index contributed by atoms with van der Waals surface area (Å²) in [5, 5.41) is 12.4. The molecule has 5 heteroatoms. The van der Waals surface area contributed by atoms with Crippen LogP contribution in [0.4, 0.5) is 0 Å². The summed E-state index contributed by atoms with van der Waals surface area (Å²) in [6.07, 6.45) is 0. The highest BCUT2D eigenvalue weighted by atomic mass is 16.1. The van der Waals surface area contributed by atoms with Crippen molar-refractivity contribution in [1.82, 2.24) is 19.9 Å². The van der Waals surface area contributed by atoms with Crippen molar-refractivity contribution in [2.45, 2.75) is 6.54 Å². The van der Waals surface area contributed by atoms with Crippen LogP contribution >= 0.6 is 0 Å². The first kappa shape index (κ1) is 14.8. The molecule has 0 unspecified atom stereocenters. The van der Waals surface area contributed by atoms with Crippen molar-refractivity contribution in [3.8, 4) is 0 Å². The summed E-state index contributed by atoms with van der Waals surface area (Å²) in [6, 6.07) is 15.3. The fourth-order valence-corrected chi connectivity index (χ4v) is 3.02. The Balaban J connectivity index is 2.15. The van der Waals surface area contributed by atoms with Crippen LogP contribution in [0.5, 0.6) is 0 Å². The number of hydrogen-bond donors (Lipinski definition) is 0. The summed E-state index contributed by atoms with van der Waals surface area (Å²) < 4.78 is 0. The minimum absolute atomic E-state index is 0.0286. The molecule has 0 aliphatic carbocycles. The fourth-order valence-electron chi connectivity index (χ4n) is 3.02. The van der Waals surface area contributed by atoms with Crippen LogP contribution in [0.15, 0.2) is 53.3 Å². The van der Waals surface area contributed by atoms with E-state index in [1.54, 1.807) is 4.80 Å². The van der Waals surface area contributed by atoms with E-state index < -0.39 is 0 Å². The number of fused-ring (bicyclic) bond motifs is 5. The van der Waals surface area contributed by atoms with Crippen LogP contribution in [0.3, 0.4) is 0 Å². The van der Waals surface area contributed by atoms with E-state index in [1.807, 2.05) is 62.6 Å². The average molecular weight is 318 g/mol. The molecule has 0 saturated carbocycles. The molecule has 0 fully saturated rings. The molecule has 3 aromatic carbocycles. The van der Waals surface area contributed by atoms with Crippen molar-refractivity contribution in [2.24, 2.45) is 0 Å². The van der Waals surface area contributed by atoms with E-state index >= 15 is 0 Å². The van der Waals surface area contributed by atoms with E-state index in [9.17, 15) is 4.79 Å². The molecule has 0 aliphatic rings. The Morgan fingerprint density at radius 3 is 1.75 bits per heavy atom. The molecule has 4 rings (SSSR count). The monoisotopic (exact) mass is 318 g/mol. The van der Waals surface area contributed by atoms with Crippen molar-refractivity contribution >= 4 is 32.6 Å².